The van der Waals surface area contributed by atoms with Crippen LogP contribution in [0.15, 0.2) is 59.0 Å². The van der Waals surface area contributed by atoms with Crippen LogP contribution in [0.1, 0.15) is 96.5 Å². The number of oxazole rings is 1. The molecule has 0 radical (unpaired) electrons. The van der Waals surface area contributed by atoms with Gasteiger partial charge >= 0.3 is 0 Å². The van der Waals surface area contributed by atoms with Gasteiger partial charge in [-0.1, -0.05) is 55.7 Å². The van der Waals surface area contributed by atoms with E-state index < -0.39 is 12.1 Å². The van der Waals surface area contributed by atoms with Crippen molar-refractivity contribution in [3.8, 4) is 0 Å². The molecule has 3 aromatic rings. The molecule has 5 atom stereocenters. The van der Waals surface area contributed by atoms with Crippen LogP contribution in [0.4, 0.5) is 0 Å². The van der Waals surface area contributed by atoms with E-state index >= 15 is 0 Å². The number of amides is 3. The van der Waals surface area contributed by atoms with Gasteiger partial charge in [-0.15, -0.1) is 0 Å². The number of rotatable bonds is 11. The maximum atomic E-state index is 13.7. The van der Waals surface area contributed by atoms with Gasteiger partial charge < -0.3 is 25.5 Å². The minimum absolute atomic E-state index is 0.00805. The lowest BCUT2D eigenvalue weighted by Gasteiger charge is -2.47. The predicted molar refractivity (Wildman–Crippen MR) is 184 cm³/mol. The fourth-order valence-corrected chi connectivity index (χ4v) is 7.20. The molecule has 0 spiro atoms. The lowest BCUT2D eigenvalue weighted by Crippen LogP contribution is -2.60. The van der Waals surface area contributed by atoms with Crippen LogP contribution in [0, 0.1) is 25.7 Å². The Balaban J connectivity index is 1.31. The second-order valence-electron chi connectivity index (χ2n) is 14.6. The second-order valence-corrected chi connectivity index (χ2v) is 14.6. The Labute approximate surface area is 284 Å². The number of aliphatic hydroxyl groups excluding tert-OH is 1. The molecule has 2 fully saturated rings. The van der Waals surface area contributed by atoms with Gasteiger partial charge in [0.1, 0.15) is 11.5 Å². The number of aryl methyl sites for hydroxylation is 2. The molecule has 48 heavy (non-hydrogen) atoms. The first-order chi connectivity index (χ1) is 22.9. The zero-order valence-electron chi connectivity index (χ0n) is 28.9. The first-order valence-electron chi connectivity index (χ1n) is 17.3. The molecule has 3 amide bonds. The Kier molecular flexibility index (Phi) is 11.4. The van der Waals surface area contributed by atoms with Crippen LogP contribution in [0.3, 0.4) is 0 Å². The quantitative estimate of drug-likeness (QED) is 0.234. The third-order valence-electron chi connectivity index (χ3n) is 9.61. The van der Waals surface area contributed by atoms with Crippen LogP contribution in [0.5, 0.6) is 0 Å². The number of hydrogen-bond donors (Lipinski definition) is 4. The van der Waals surface area contributed by atoms with Gasteiger partial charge in [0.2, 0.25) is 5.91 Å². The Morgan fingerprint density at radius 3 is 2.33 bits per heavy atom. The van der Waals surface area contributed by atoms with E-state index in [9.17, 15) is 19.5 Å². The number of benzene rings is 2. The number of carbonyl (C=O) groups excluding carboxylic acids is 3. The summed E-state index contributed by atoms with van der Waals surface area (Å²) in [5.74, 6) is 1.45. The molecule has 2 aromatic carbocycles. The van der Waals surface area contributed by atoms with Crippen molar-refractivity contribution in [1.82, 2.24) is 25.8 Å². The number of hydrogen-bond acceptors (Lipinski definition) is 7. The van der Waals surface area contributed by atoms with Crippen molar-refractivity contribution in [2.24, 2.45) is 11.8 Å². The van der Waals surface area contributed by atoms with Gasteiger partial charge in [0.25, 0.3) is 11.8 Å². The maximum Gasteiger partial charge on any atom is 0.251 e. The molecule has 10 heteroatoms. The molecule has 0 bridgehead atoms. The Morgan fingerprint density at radius 2 is 1.67 bits per heavy atom. The van der Waals surface area contributed by atoms with E-state index in [4.69, 9.17) is 4.42 Å². The molecule has 2 heterocycles. The average molecular weight is 658 g/mol. The molecular formula is C38H51N5O5. The molecule has 10 nitrogen and oxygen atoms in total. The fraction of sp³-hybridized carbons (Fsp3) is 0.526. The molecule has 1 unspecified atom stereocenters. The molecule has 1 aromatic heterocycles. The average Bonchev–Trinajstić information content (AvgIpc) is 3.38. The molecule has 1 aliphatic carbocycles. The van der Waals surface area contributed by atoms with E-state index in [-0.39, 0.29) is 42.4 Å². The molecule has 1 saturated heterocycles. The predicted octanol–water partition coefficient (Wildman–Crippen LogP) is 4.72. The fourth-order valence-electron chi connectivity index (χ4n) is 7.20. The number of fused-ring (bicyclic) bond motifs is 1. The standard InChI is InChI=1S/C38H51N5O5/c1-24-32(40-25(2)48-24)21-39-35(45)28-16-11-17-29(19-28)36(46)41-31(18-26-12-7-6-8-13-26)34(44)23-43-22-30-15-10-9-14-27(30)20-33(43)37(47)42-38(3,4)5/h6-8,11-13,16-17,19,27,30-31,33-34,44H,9-10,14-15,18,20-23H2,1-5H3,(H,39,45)(H,41,46)(H,42,47)/t27-,30+,31-,33?,34+/m0/s1. The van der Waals surface area contributed by atoms with Crippen molar-refractivity contribution in [3.05, 3.63) is 88.6 Å². The van der Waals surface area contributed by atoms with Crippen molar-refractivity contribution in [2.45, 2.75) is 103 Å². The third kappa shape index (κ3) is 9.32. The van der Waals surface area contributed by atoms with Crippen molar-refractivity contribution < 1.29 is 23.9 Å². The summed E-state index contributed by atoms with van der Waals surface area (Å²) < 4.78 is 5.45. The molecule has 4 N–H and O–H groups in total. The SMILES string of the molecule is Cc1nc(CNC(=O)c2cccc(C(=O)N[C@@H](Cc3ccccc3)[C@H](O)CN3C[C@H]4CCCC[C@H]4CC3C(=O)NC(C)(C)C)c2)c(C)o1. The number of carbonyl (C=O) groups is 3. The molecule has 1 saturated carbocycles. The molecular weight excluding hydrogens is 606 g/mol. The van der Waals surface area contributed by atoms with Gasteiger partial charge in [-0.05, 0) is 82.6 Å². The molecule has 5 rings (SSSR count). The van der Waals surface area contributed by atoms with Crippen molar-refractivity contribution in [1.29, 1.82) is 0 Å². The zero-order chi connectivity index (χ0) is 34.4. The van der Waals surface area contributed by atoms with Gasteiger partial charge in [-0.25, -0.2) is 4.98 Å². The first kappa shape index (κ1) is 35.3. The summed E-state index contributed by atoms with van der Waals surface area (Å²) in [5.41, 5.74) is 1.91. The Hall–Kier alpha value is -4.02. The zero-order valence-corrected chi connectivity index (χ0v) is 28.9. The van der Waals surface area contributed by atoms with Gasteiger partial charge in [-0.3, -0.25) is 19.3 Å². The monoisotopic (exact) mass is 657 g/mol. The number of β-amino-alcohol motifs (C(OH)–C–C–N with tert-alkyl or cyclic N) is 1. The minimum atomic E-state index is -0.945. The van der Waals surface area contributed by atoms with Crippen molar-refractivity contribution in [2.75, 3.05) is 13.1 Å². The van der Waals surface area contributed by atoms with Crippen molar-refractivity contribution >= 4 is 17.7 Å². The van der Waals surface area contributed by atoms with E-state index in [1.54, 1.807) is 38.1 Å². The van der Waals surface area contributed by atoms with Gasteiger partial charge in [0.15, 0.2) is 5.89 Å². The number of piperidine rings is 1. The lowest BCUT2D eigenvalue weighted by atomic mass is 9.72. The summed E-state index contributed by atoms with van der Waals surface area (Å²) in [7, 11) is 0. The van der Waals surface area contributed by atoms with Crippen molar-refractivity contribution in [3.63, 3.8) is 0 Å². The van der Waals surface area contributed by atoms with E-state index in [0.717, 1.165) is 31.4 Å². The van der Waals surface area contributed by atoms with Crippen LogP contribution < -0.4 is 16.0 Å². The number of nitrogens with one attached hydrogen (secondary N) is 3. The van der Waals surface area contributed by atoms with Crippen LogP contribution in [-0.2, 0) is 17.8 Å². The van der Waals surface area contributed by atoms with Crippen LogP contribution in [0.2, 0.25) is 0 Å². The van der Waals surface area contributed by atoms with E-state index in [1.807, 2.05) is 51.1 Å². The highest BCUT2D eigenvalue weighted by Crippen LogP contribution is 2.39. The van der Waals surface area contributed by atoms with Crippen LogP contribution in [0.25, 0.3) is 0 Å². The van der Waals surface area contributed by atoms with Crippen LogP contribution >= 0.6 is 0 Å². The summed E-state index contributed by atoms with van der Waals surface area (Å²) in [6.07, 6.45) is 4.91. The second kappa shape index (κ2) is 15.5. The lowest BCUT2D eigenvalue weighted by molar-refractivity contribution is -0.132. The Bertz CT molecular complexity index is 1560. The highest BCUT2D eigenvalue weighted by atomic mass is 16.4. The number of likely N-dealkylation sites (tertiary alicyclic amines) is 1. The number of aromatic nitrogens is 1. The summed E-state index contributed by atoms with van der Waals surface area (Å²) in [5, 5.41) is 20.9. The summed E-state index contributed by atoms with van der Waals surface area (Å²) >= 11 is 0. The van der Waals surface area contributed by atoms with Gasteiger partial charge in [-0.2, -0.15) is 0 Å². The molecule has 2 aliphatic rings. The largest absolute Gasteiger partial charge is 0.446 e. The number of nitrogens with zero attached hydrogens (tertiary/aromatic N) is 2. The summed E-state index contributed by atoms with van der Waals surface area (Å²) in [4.78, 5) is 46.7. The van der Waals surface area contributed by atoms with E-state index in [0.29, 0.717) is 46.7 Å². The number of aliphatic hydroxyl groups is 1. The highest BCUT2D eigenvalue weighted by Gasteiger charge is 2.41. The smallest absolute Gasteiger partial charge is 0.251 e. The topological polar surface area (TPSA) is 137 Å². The van der Waals surface area contributed by atoms with Gasteiger partial charge in [0, 0.05) is 36.7 Å². The molecule has 1 aliphatic heterocycles. The highest BCUT2D eigenvalue weighted by molar-refractivity contribution is 5.99. The minimum Gasteiger partial charge on any atom is -0.446 e. The molecule has 258 valence electrons. The third-order valence-corrected chi connectivity index (χ3v) is 9.61. The Morgan fingerprint density at radius 1 is 0.979 bits per heavy atom. The summed E-state index contributed by atoms with van der Waals surface area (Å²) in [6, 6.07) is 15.3. The van der Waals surface area contributed by atoms with E-state index in [2.05, 4.69) is 25.8 Å². The first-order valence-corrected chi connectivity index (χ1v) is 17.3. The maximum absolute atomic E-state index is 13.7. The van der Waals surface area contributed by atoms with Gasteiger partial charge in [0.05, 0.1) is 24.7 Å². The van der Waals surface area contributed by atoms with E-state index in [1.165, 1.54) is 12.8 Å². The normalized spacial score (nSPS) is 21.1. The summed E-state index contributed by atoms with van der Waals surface area (Å²) in [6.45, 7) is 10.7. The van der Waals surface area contributed by atoms with Crippen LogP contribution in [-0.4, -0.2) is 69.5 Å².